The third-order valence-corrected chi connectivity index (χ3v) is 4.85. The lowest BCUT2D eigenvalue weighted by Gasteiger charge is -2.32. The maximum atomic E-state index is 6.13. The number of aromatic nitrogens is 2. The number of ether oxygens (including phenoxy) is 1. The highest BCUT2D eigenvalue weighted by Crippen LogP contribution is 2.36. The molecule has 132 valence electrons. The van der Waals surface area contributed by atoms with Crippen LogP contribution in [0.2, 0.25) is 0 Å². The minimum atomic E-state index is -0.427. The lowest BCUT2D eigenvalue weighted by atomic mass is 9.80. The van der Waals surface area contributed by atoms with Gasteiger partial charge in [-0.1, -0.05) is 18.7 Å². The second-order valence-electron chi connectivity index (χ2n) is 7.33. The first kappa shape index (κ1) is 17.8. The number of fused-ring (bicyclic) bond motifs is 1. The number of allylic oxidation sites excluding steroid dienone is 1. The molecular weight excluding hydrogens is 315 g/mol. The van der Waals surface area contributed by atoms with Gasteiger partial charge >= 0.3 is 7.12 Å². The average molecular weight is 340 g/mol. The average Bonchev–Trinajstić information content (AvgIpc) is 3.03. The predicted octanol–water partition coefficient (Wildman–Crippen LogP) is 3.14. The smallest absolute Gasteiger partial charge is 0.487 e. The summed E-state index contributed by atoms with van der Waals surface area (Å²) in [7, 11) is -0.427. The van der Waals surface area contributed by atoms with Gasteiger partial charge in [-0.3, -0.25) is 0 Å². The van der Waals surface area contributed by atoms with E-state index < -0.39 is 7.12 Å². The summed E-state index contributed by atoms with van der Waals surface area (Å²) in [6, 6.07) is 3.90. The maximum Gasteiger partial charge on any atom is 0.498 e. The summed E-state index contributed by atoms with van der Waals surface area (Å²) in [5.41, 5.74) is 2.03. The second kappa shape index (κ2) is 6.35. The third kappa shape index (κ3) is 3.37. The molecule has 0 aliphatic carbocycles. The Morgan fingerprint density at radius 1 is 1.28 bits per heavy atom. The fourth-order valence-corrected chi connectivity index (χ4v) is 2.68. The number of hydrogen-bond donors (Lipinski definition) is 0. The van der Waals surface area contributed by atoms with Crippen LogP contribution in [-0.4, -0.2) is 34.5 Å². The fourth-order valence-electron chi connectivity index (χ4n) is 2.68. The molecule has 1 aliphatic heterocycles. The third-order valence-electron chi connectivity index (χ3n) is 4.85. The molecule has 0 saturated carbocycles. The summed E-state index contributed by atoms with van der Waals surface area (Å²) in [5.74, 6) is 0.738. The highest BCUT2D eigenvalue weighted by molar-refractivity contribution is 6.64. The van der Waals surface area contributed by atoms with E-state index in [2.05, 4.69) is 11.7 Å². The van der Waals surface area contributed by atoms with Gasteiger partial charge in [-0.2, -0.15) is 5.10 Å². The molecule has 6 heteroatoms. The molecule has 1 aliphatic rings. The molecule has 0 bridgehead atoms. The zero-order valence-electron chi connectivity index (χ0n) is 15.6. The van der Waals surface area contributed by atoms with Crippen LogP contribution in [0.4, 0.5) is 0 Å². The van der Waals surface area contributed by atoms with E-state index in [1.165, 1.54) is 0 Å². The Balaban J connectivity index is 1.80. The molecule has 0 unspecified atom stereocenters. The normalized spacial score (nSPS) is 19.0. The van der Waals surface area contributed by atoms with Crippen LogP contribution in [0.5, 0.6) is 5.75 Å². The first-order chi connectivity index (χ1) is 11.7. The number of hydrogen-bond acceptors (Lipinski definition) is 4. The van der Waals surface area contributed by atoms with Gasteiger partial charge in [0.25, 0.3) is 0 Å². The summed E-state index contributed by atoms with van der Waals surface area (Å²) >= 11 is 0. The molecule has 25 heavy (non-hydrogen) atoms. The Morgan fingerprint density at radius 2 is 1.96 bits per heavy atom. The lowest BCUT2D eigenvalue weighted by molar-refractivity contribution is 0.00578. The van der Waals surface area contributed by atoms with Crippen molar-refractivity contribution in [3.05, 3.63) is 48.8 Å². The molecule has 0 aromatic carbocycles. The van der Waals surface area contributed by atoms with Crippen molar-refractivity contribution in [3.8, 4) is 5.75 Å². The quantitative estimate of drug-likeness (QED) is 0.620. The molecule has 3 heterocycles. The van der Waals surface area contributed by atoms with Crippen molar-refractivity contribution in [3.63, 3.8) is 0 Å². The first-order valence-electron chi connectivity index (χ1n) is 8.50. The van der Waals surface area contributed by atoms with E-state index in [1.54, 1.807) is 10.7 Å². The van der Waals surface area contributed by atoms with Gasteiger partial charge < -0.3 is 14.0 Å². The predicted molar refractivity (Wildman–Crippen MR) is 100 cm³/mol. The molecule has 3 rings (SSSR count). The van der Waals surface area contributed by atoms with Crippen molar-refractivity contribution in [2.75, 3.05) is 6.61 Å². The molecule has 2 aromatic heterocycles. The molecule has 0 atom stereocenters. The van der Waals surface area contributed by atoms with E-state index in [-0.39, 0.29) is 11.2 Å². The van der Waals surface area contributed by atoms with Crippen molar-refractivity contribution in [1.29, 1.82) is 0 Å². The van der Waals surface area contributed by atoms with Crippen LogP contribution >= 0.6 is 0 Å². The van der Waals surface area contributed by atoms with Gasteiger partial charge in [-0.05, 0) is 52.3 Å². The molecular formula is C19H25BN2O3. The summed E-state index contributed by atoms with van der Waals surface area (Å²) in [4.78, 5) is 0. The van der Waals surface area contributed by atoms with Gasteiger partial charge in [0.1, 0.15) is 12.4 Å². The topological polar surface area (TPSA) is 45.0 Å². The van der Waals surface area contributed by atoms with Crippen LogP contribution in [0, 0.1) is 0 Å². The first-order valence-corrected chi connectivity index (χ1v) is 8.50. The monoisotopic (exact) mass is 340 g/mol. The van der Waals surface area contributed by atoms with Gasteiger partial charge in [0.15, 0.2) is 0 Å². The van der Waals surface area contributed by atoms with Crippen LogP contribution in [0.25, 0.3) is 5.52 Å². The zero-order valence-corrected chi connectivity index (χ0v) is 15.6. The van der Waals surface area contributed by atoms with E-state index >= 15 is 0 Å². The molecule has 1 fully saturated rings. The lowest BCUT2D eigenvalue weighted by Crippen LogP contribution is -2.41. The van der Waals surface area contributed by atoms with Gasteiger partial charge in [-0.25, -0.2) is 4.52 Å². The Morgan fingerprint density at radius 3 is 2.60 bits per heavy atom. The zero-order chi connectivity index (χ0) is 18.2. The highest BCUT2D eigenvalue weighted by atomic mass is 16.7. The van der Waals surface area contributed by atoms with Crippen LogP contribution in [-0.2, 0) is 9.31 Å². The molecule has 2 aromatic rings. The van der Waals surface area contributed by atoms with Crippen molar-refractivity contribution < 1.29 is 14.0 Å². The van der Waals surface area contributed by atoms with Gasteiger partial charge in [-0.15, -0.1) is 0 Å². The Bertz CT molecular complexity index is 807. The molecule has 0 spiro atoms. The summed E-state index contributed by atoms with van der Waals surface area (Å²) in [5, 5.41) is 4.42. The Hall–Kier alpha value is -2.05. The molecule has 1 saturated heterocycles. The van der Waals surface area contributed by atoms with Gasteiger partial charge in [0.2, 0.25) is 0 Å². The standard InChI is InChI=1S/C19H25BN2O3/c1-7-8-14(2)13-23-15-9-10-17-16(11-21-22(17)12-15)20-24-18(3,4)19(5,6)25-20/h7-12H,2,13H2,1,3-6H3/b8-7-. The van der Waals surface area contributed by atoms with Gasteiger partial charge in [0.05, 0.1) is 22.9 Å². The van der Waals surface area contributed by atoms with Crippen molar-refractivity contribution in [2.45, 2.75) is 45.8 Å². The van der Waals surface area contributed by atoms with Crippen molar-refractivity contribution >= 4 is 18.1 Å². The van der Waals surface area contributed by atoms with Crippen LogP contribution in [0.1, 0.15) is 34.6 Å². The van der Waals surface area contributed by atoms with E-state index in [0.29, 0.717) is 6.61 Å². The van der Waals surface area contributed by atoms with E-state index in [0.717, 1.165) is 22.3 Å². The fraction of sp³-hybridized carbons (Fsp3) is 0.421. The number of rotatable bonds is 5. The largest absolute Gasteiger partial charge is 0.498 e. The highest BCUT2D eigenvalue weighted by Gasteiger charge is 2.52. The van der Waals surface area contributed by atoms with E-state index in [1.807, 2.05) is 65.1 Å². The SMILES string of the molecule is C=C(/C=C\C)COc1ccc2c(B3OC(C)(C)C(C)(C)O3)cnn2c1. The minimum absolute atomic E-state index is 0.373. The molecule has 0 amide bonds. The van der Waals surface area contributed by atoms with Crippen LogP contribution in [0.15, 0.2) is 48.8 Å². The van der Waals surface area contributed by atoms with Crippen molar-refractivity contribution in [1.82, 2.24) is 9.61 Å². The Kier molecular flexibility index (Phi) is 4.52. The summed E-state index contributed by atoms with van der Waals surface area (Å²) < 4.78 is 19.8. The summed E-state index contributed by atoms with van der Waals surface area (Å²) in [6.45, 7) is 14.5. The molecule has 0 radical (unpaired) electrons. The molecule has 0 N–H and O–H groups in total. The maximum absolute atomic E-state index is 6.13. The van der Waals surface area contributed by atoms with E-state index in [9.17, 15) is 0 Å². The minimum Gasteiger partial charge on any atom is -0.487 e. The second-order valence-corrected chi connectivity index (χ2v) is 7.33. The van der Waals surface area contributed by atoms with E-state index in [4.69, 9.17) is 14.0 Å². The summed E-state index contributed by atoms with van der Waals surface area (Å²) in [6.07, 6.45) is 7.52. The number of nitrogens with zero attached hydrogens (tertiary/aromatic N) is 2. The van der Waals surface area contributed by atoms with Crippen LogP contribution < -0.4 is 10.2 Å². The van der Waals surface area contributed by atoms with Gasteiger partial charge in [0, 0.05) is 11.7 Å². The molecule has 5 nitrogen and oxygen atoms in total. The number of pyridine rings is 1. The van der Waals surface area contributed by atoms with Crippen LogP contribution in [0.3, 0.4) is 0 Å². The van der Waals surface area contributed by atoms with Crippen molar-refractivity contribution in [2.24, 2.45) is 0 Å². The Labute approximate surface area is 149 Å².